The van der Waals surface area contributed by atoms with Crippen molar-refractivity contribution in [3.05, 3.63) is 18.2 Å². The van der Waals surface area contributed by atoms with Gasteiger partial charge in [-0.15, -0.1) is 0 Å². The molecule has 0 aliphatic carbocycles. The van der Waals surface area contributed by atoms with Gasteiger partial charge in [0.15, 0.2) is 0 Å². The molecule has 0 bridgehead atoms. The predicted octanol–water partition coefficient (Wildman–Crippen LogP) is -1.21. The predicted molar refractivity (Wildman–Crippen MR) is 126 cm³/mol. The number of nitrogens with zero attached hydrogens (tertiary/aromatic N) is 1. The Bertz CT molecular complexity index is 874. The third-order valence-corrected chi connectivity index (χ3v) is 5.53. The van der Waals surface area contributed by atoms with Gasteiger partial charge < -0.3 is 37.5 Å². The second-order valence-corrected chi connectivity index (χ2v) is 9.01. The highest BCUT2D eigenvalue weighted by molar-refractivity contribution is 5.95. The SMILES string of the molecule is CCC(C)C(N)C(=O)NC(Cc1cnc[nH]1)C(=O)NC(CC(C)C)C(=O)NC(CC(N)=O)C(=O)O. The van der Waals surface area contributed by atoms with Crippen LogP contribution in [0.15, 0.2) is 12.5 Å². The summed E-state index contributed by atoms with van der Waals surface area (Å²) in [5.41, 5.74) is 11.6. The fraction of sp³-hybridized carbons (Fsp3) is 0.636. The quantitative estimate of drug-likeness (QED) is 0.156. The van der Waals surface area contributed by atoms with Crippen LogP contribution in [-0.2, 0) is 30.4 Å². The molecule has 0 aliphatic rings. The van der Waals surface area contributed by atoms with Crippen molar-refractivity contribution in [2.75, 3.05) is 0 Å². The van der Waals surface area contributed by atoms with Gasteiger partial charge in [-0.2, -0.15) is 0 Å². The van der Waals surface area contributed by atoms with Crippen LogP contribution in [0.2, 0.25) is 0 Å². The highest BCUT2D eigenvalue weighted by Crippen LogP contribution is 2.09. The Morgan fingerprint density at radius 1 is 1.00 bits per heavy atom. The largest absolute Gasteiger partial charge is 0.480 e. The zero-order chi connectivity index (χ0) is 26.7. The minimum atomic E-state index is -1.54. The van der Waals surface area contributed by atoms with E-state index in [1.54, 1.807) is 0 Å². The second-order valence-electron chi connectivity index (χ2n) is 9.01. The Balaban J connectivity index is 3.08. The molecule has 0 spiro atoms. The van der Waals surface area contributed by atoms with Crippen LogP contribution in [-0.4, -0.2) is 68.8 Å². The van der Waals surface area contributed by atoms with Gasteiger partial charge in [0, 0.05) is 18.3 Å². The van der Waals surface area contributed by atoms with Crippen LogP contribution in [0.3, 0.4) is 0 Å². The first-order chi connectivity index (χ1) is 16.3. The molecular formula is C22H37N7O6. The van der Waals surface area contributed by atoms with Gasteiger partial charge in [0.05, 0.1) is 18.8 Å². The van der Waals surface area contributed by atoms with Gasteiger partial charge >= 0.3 is 5.97 Å². The number of aliphatic carboxylic acids is 1. The van der Waals surface area contributed by atoms with Gasteiger partial charge in [-0.25, -0.2) is 9.78 Å². The van der Waals surface area contributed by atoms with Gasteiger partial charge in [-0.1, -0.05) is 34.1 Å². The summed E-state index contributed by atoms with van der Waals surface area (Å²) in [6, 6.07) is -4.58. The molecule has 1 aromatic heterocycles. The molecule has 0 aliphatic heterocycles. The number of imidazole rings is 1. The number of H-pyrrole nitrogens is 1. The molecule has 0 fully saturated rings. The lowest BCUT2D eigenvalue weighted by Crippen LogP contribution is -2.58. The molecule has 0 aromatic carbocycles. The number of aromatic amines is 1. The van der Waals surface area contributed by atoms with E-state index in [2.05, 4.69) is 25.9 Å². The van der Waals surface area contributed by atoms with Crippen LogP contribution >= 0.6 is 0 Å². The van der Waals surface area contributed by atoms with E-state index in [9.17, 15) is 29.1 Å². The lowest BCUT2D eigenvalue weighted by Gasteiger charge is -2.26. The summed E-state index contributed by atoms with van der Waals surface area (Å²) < 4.78 is 0. The van der Waals surface area contributed by atoms with E-state index < -0.39 is 60.2 Å². The zero-order valence-electron chi connectivity index (χ0n) is 20.5. The first-order valence-corrected chi connectivity index (χ1v) is 11.5. The van der Waals surface area contributed by atoms with Crippen LogP contribution < -0.4 is 27.4 Å². The maximum Gasteiger partial charge on any atom is 0.326 e. The first-order valence-electron chi connectivity index (χ1n) is 11.5. The maximum atomic E-state index is 13.2. The topological polar surface area (TPSA) is 222 Å². The monoisotopic (exact) mass is 495 g/mol. The van der Waals surface area contributed by atoms with E-state index in [-0.39, 0.29) is 24.7 Å². The smallest absolute Gasteiger partial charge is 0.326 e. The van der Waals surface area contributed by atoms with Crippen molar-refractivity contribution < 1.29 is 29.1 Å². The van der Waals surface area contributed by atoms with Crippen LogP contribution in [0.1, 0.15) is 52.7 Å². The van der Waals surface area contributed by atoms with Gasteiger partial charge in [0.25, 0.3) is 0 Å². The summed E-state index contributed by atoms with van der Waals surface area (Å²) in [5, 5.41) is 16.8. The van der Waals surface area contributed by atoms with Gasteiger partial charge in [-0.05, 0) is 18.3 Å². The average Bonchev–Trinajstić information content (AvgIpc) is 3.28. The third kappa shape index (κ3) is 10.1. The molecule has 9 N–H and O–H groups in total. The summed E-state index contributed by atoms with van der Waals surface area (Å²) in [6.07, 6.45) is 3.23. The van der Waals surface area contributed by atoms with E-state index in [1.165, 1.54) is 12.5 Å². The van der Waals surface area contributed by atoms with E-state index in [4.69, 9.17) is 11.5 Å². The number of rotatable bonds is 15. The zero-order valence-corrected chi connectivity index (χ0v) is 20.5. The summed E-state index contributed by atoms with van der Waals surface area (Å²) >= 11 is 0. The maximum absolute atomic E-state index is 13.2. The Hall–Kier alpha value is -3.48. The molecule has 13 heteroatoms. The summed E-state index contributed by atoms with van der Waals surface area (Å²) in [5.74, 6) is -4.47. The number of hydrogen-bond donors (Lipinski definition) is 7. The fourth-order valence-corrected chi connectivity index (χ4v) is 3.25. The summed E-state index contributed by atoms with van der Waals surface area (Å²) in [7, 11) is 0. The molecule has 5 atom stereocenters. The lowest BCUT2D eigenvalue weighted by atomic mass is 9.98. The number of aromatic nitrogens is 2. The third-order valence-electron chi connectivity index (χ3n) is 5.53. The van der Waals surface area contributed by atoms with Crippen LogP contribution in [0.5, 0.6) is 0 Å². The van der Waals surface area contributed by atoms with Crippen molar-refractivity contribution in [2.45, 2.75) is 77.5 Å². The highest BCUT2D eigenvalue weighted by Gasteiger charge is 2.32. The average molecular weight is 496 g/mol. The molecule has 1 rings (SSSR count). The number of amides is 4. The Kier molecular flexibility index (Phi) is 11.9. The molecule has 1 heterocycles. The minimum absolute atomic E-state index is 0.0510. The molecule has 1 aromatic rings. The molecule has 13 nitrogen and oxygen atoms in total. The molecule has 4 amide bonds. The Morgan fingerprint density at radius 3 is 2.06 bits per heavy atom. The number of primary amides is 1. The van der Waals surface area contributed by atoms with Crippen LogP contribution in [0, 0.1) is 11.8 Å². The van der Waals surface area contributed by atoms with Gasteiger partial charge in [0.1, 0.15) is 18.1 Å². The molecule has 0 radical (unpaired) electrons. The normalized spacial score (nSPS) is 15.4. The van der Waals surface area contributed by atoms with Crippen molar-refractivity contribution in [3.63, 3.8) is 0 Å². The number of nitrogens with two attached hydrogens (primary N) is 2. The van der Waals surface area contributed by atoms with Crippen molar-refractivity contribution >= 4 is 29.6 Å². The van der Waals surface area contributed by atoms with Crippen LogP contribution in [0.25, 0.3) is 0 Å². The Morgan fingerprint density at radius 2 is 1.57 bits per heavy atom. The molecular weight excluding hydrogens is 458 g/mol. The van der Waals surface area contributed by atoms with Crippen molar-refractivity contribution in [1.29, 1.82) is 0 Å². The second kappa shape index (κ2) is 14.0. The number of carbonyl (C=O) groups is 5. The molecule has 35 heavy (non-hydrogen) atoms. The van der Waals surface area contributed by atoms with Crippen molar-refractivity contribution in [3.8, 4) is 0 Å². The van der Waals surface area contributed by atoms with Crippen LogP contribution in [0.4, 0.5) is 0 Å². The first kappa shape index (κ1) is 29.6. The fourth-order valence-electron chi connectivity index (χ4n) is 3.25. The van der Waals surface area contributed by atoms with E-state index in [0.29, 0.717) is 12.1 Å². The van der Waals surface area contributed by atoms with E-state index >= 15 is 0 Å². The molecule has 196 valence electrons. The van der Waals surface area contributed by atoms with Crippen molar-refractivity contribution in [2.24, 2.45) is 23.3 Å². The number of nitrogens with one attached hydrogen (secondary N) is 4. The number of carboxylic acid groups (broad SMARTS) is 1. The standard InChI is InChI=1S/C22H37N7O6/c1-5-12(4)18(24)21(33)28-15(7-13-9-25-10-26-13)20(32)27-14(6-11(2)3)19(31)29-16(22(34)35)8-17(23)30/h9-12,14-16,18H,5-8,24H2,1-4H3,(H2,23,30)(H,25,26)(H,27,32)(H,28,33)(H,29,31)(H,34,35). The molecule has 0 saturated carbocycles. The van der Waals surface area contributed by atoms with E-state index in [0.717, 1.165) is 0 Å². The molecule has 0 saturated heterocycles. The minimum Gasteiger partial charge on any atom is -0.480 e. The van der Waals surface area contributed by atoms with Crippen molar-refractivity contribution in [1.82, 2.24) is 25.9 Å². The summed E-state index contributed by atoms with van der Waals surface area (Å²) in [4.78, 5) is 68.1. The Labute approximate surface area is 204 Å². The summed E-state index contributed by atoms with van der Waals surface area (Å²) in [6.45, 7) is 7.35. The molecule has 5 unspecified atom stereocenters. The lowest BCUT2D eigenvalue weighted by molar-refractivity contribution is -0.144. The van der Waals surface area contributed by atoms with Gasteiger partial charge in [-0.3, -0.25) is 19.2 Å². The van der Waals surface area contributed by atoms with E-state index in [1.807, 2.05) is 27.7 Å². The number of hydrogen-bond acceptors (Lipinski definition) is 7. The number of carbonyl (C=O) groups excluding carboxylic acids is 4. The highest BCUT2D eigenvalue weighted by atomic mass is 16.4. The number of carboxylic acids is 1. The van der Waals surface area contributed by atoms with Gasteiger partial charge in [0.2, 0.25) is 23.6 Å².